The summed E-state index contributed by atoms with van der Waals surface area (Å²) < 4.78 is 28.2. The largest absolute Gasteiger partial charge is 0.466 e. The van der Waals surface area contributed by atoms with Crippen molar-refractivity contribution in [2.75, 3.05) is 13.3 Å². The Bertz CT molecular complexity index is 547. The van der Waals surface area contributed by atoms with Crippen LogP contribution in [0.15, 0.2) is 29.8 Å². The molecule has 0 aliphatic heterocycles. The van der Waals surface area contributed by atoms with Gasteiger partial charge < -0.3 is 14.5 Å². The first-order valence-corrected chi connectivity index (χ1v) is 8.20. The number of hydrogen-bond donors (Lipinski definition) is 2. The minimum absolute atomic E-state index is 0.210. The third-order valence-corrected chi connectivity index (χ3v) is 3.70. The molecule has 0 heterocycles. The highest BCUT2D eigenvalue weighted by Crippen LogP contribution is 2.35. The van der Waals surface area contributed by atoms with E-state index < -0.39 is 13.6 Å². The molecule has 0 aliphatic rings. The lowest BCUT2D eigenvalue weighted by molar-refractivity contribution is -0.136. The van der Waals surface area contributed by atoms with Crippen LogP contribution in [0.25, 0.3) is 6.08 Å². The van der Waals surface area contributed by atoms with Crippen LogP contribution in [0.2, 0.25) is 0 Å². The Morgan fingerprint density at radius 2 is 1.90 bits per heavy atom. The molecule has 0 bridgehead atoms. The van der Waals surface area contributed by atoms with E-state index in [1.165, 1.54) is 31.4 Å². The van der Waals surface area contributed by atoms with Gasteiger partial charge in [0, 0.05) is 11.7 Å². The predicted octanol–water partition coefficient (Wildman–Crippen LogP) is 2.73. The van der Waals surface area contributed by atoms with Crippen LogP contribution < -0.4 is 0 Å². The van der Waals surface area contributed by atoms with Crippen LogP contribution in [0.5, 0.6) is 0 Å². The van der Waals surface area contributed by atoms with E-state index in [4.69, 9.17) is 9.79 Å². The molecule has 1 rings (SSSR count). The summed E-state index contributed by atoms with van der Waals surface area (Å²) in [5.41, 5.74) is 1.04. The highest BCUT2D eigenvalue weighted by molar-refractivity contribution is 7.51. The summed E-state index contributed by atoms with van der Waals surface area (Å²) in [5.74, 6) is -0.871. The third kappa shape index (κ3) is 7.18. The molecular weight excluding hydrogens is 298 g/mol. The van der Waals surface area contributed by atoms with Crippen molar-refractivity contribution in [1.29, 1.82) is 0 Å². The fourth-order valence-electron chi connectivity index (χ4n) is 1.76. The number of methoxy groups -OCH3 is 1. The molecule has 7 heteroatoms. The SMILES string of the molecule is COC(=O)/C(=C/c1ccc(F)cc1)CCCCP(=O)(O)O. The first-order chi connectivity index (χ1) is 9.81. The summed E-state index contributed by atoms with van der Waals surface area (Å²) >= 11 is 0. The van der Waals surface area contributed by atoms with Crippen LogP contribution in [0, 0.1) is 5.82 Å². The molecule has 1 aromatic rings. The molecule has 0 radical (unpaired) electrons. The van der Waals surface area contributed by atoms with Crippen molar-refractivity contribution in [2.45, 2.75) is 19.3 Å². The molecular formula is C14H18FO5P. The lowest BCUT2D eigenvalue weighted by atomic mass is 10.1. The van der Waals surface area contributed by atoms with E-state index >= 15 is 0 Å². The molecule has 1 aromatic carbocycles. The molecule has 0 saturated carbocycles. The maximum absolute atomic E-state index is 12.8. The van der Waals surface area contributed by atoms with Crippen LogP contribution in [-0.2, 0) is 14.1 Å². The quantitative estimate of drug-likeness (QED) is 0.350. The number of ether oxygens (including phenoxy) is 1. The van der Waals surface area contributed by atoms with Crippen molar-refractivity contribution in [3.8, 4) is 0 Å². The minimum Gasteiger partial charge on any atom is -0.466 e. The normalized spacial score (nSPS) is 12.3. The lowest BCUT2D eigenvalue weighted by Gasteiger charge is -2.07. The maximum Gasteiger partial charge on any atom is 0.333 e. The molecule has 21 heavy (non-hydrogen) atoms. The van der Waals surface area contributed by atoms with Gasteiger partial charge in [0.2, 0.25) is 0 Å². The van der Waals surface area contributed by atoms with E-state index in [1.54, 1.807) is 6.08 Å². The summed E-state index contributed by atoms with van der Waals surface area (Å²) in [6.07, 6.45) is 2.47. The second-order valence-electron chi connectivity index (χ2n) is 4.56. The number of hydrogen-bond acceptors (Lipinski definition) is 3. The number of rotatable bonds is 7. The maximum atomic E-state index is 12.8. The number of unbranched alkanes of at least 4 members (excludes halogenated alkanes) is 1. The molecule has 0 amide bonds. The first-order valence-electron chi connectivity index (χ1n) is 6.41. The molecule has 0 aromatic heterocycles. The summed E-state index contributed by atoms with van der Waals surface area (Å²) in [4.78, 5) is 29.2. The monoisotopic (exact) mass is 316 g/mol. The number of carbonyl (C=O) groups excluding carboxylic acids is 1. The van der Waals surface area contributed by atoms with Crippen LogP contribution in [0.1, 0.15) is 24.8 Å². The van der Waals surface area contributed by atoms with Gasteiger partial charge in [-0.1, -0.05) is 12.1 Å². The molecule has 0 saturated heterocycles. The molecule has 116 valence electrons. The van der Waals surface area contributed by atoms with Gasteiger partial charge in [0.1, 0.15) is 5.82 Å². The topological polar surface area (TPSA) is 83.8 Å². The van der Waals surface area contributed by atoms with Gasteiger partial charge in [-0.25, -0.2) is 9.18 Å². The Morgan fingerprint density at radius 1 is 1.29 bits per heavy atom. The van der Waals surface area contributed by atoms with Gasteiger partial charge >= 0.3 is 13.6 Å². The lowest BCUT2D eigenvalue weighted by Crippen LogP contribution is -2.05. The molecule has 0 aliphatic carbocycles. The molecule has 0 unspecified atom stereocenters. The zero-order valence-corrected chi connectivity index (χ0v) is 12.6. The summed E-state index contributed by atoms with van der Waals surface area (Å²) in [5, 5.41) is 0. The Morgan fingerprint density at radius 3 is 2.43 bits per heavy atom. The fourth-order valence-corrected chi connectivity index (χ4v) is 2.39. The Kier molecular flexibility index (Phi) is 6.75. The van der Waals surface area contributed by atoms with E-state index in [9.17, 15) is 13.8 Å². The summed E-state index contributed by atoms with van der Waals surface area (Å²) in [6, 6.07) is 5.64. The third-order valence-electron chi connectivity index (χ3n) is 2.80. The number of halogens is 1. The highest BCUT2D eigenvalue weighted by Gasteiger charge is 2.14. The second kappa shape index (κ2) is 8.08. The Labute approximate surface area is 122 Å². The van der Waals surface area contributed by atoms with Gasteiger partial charge in [0.25, 0.3) is 0 Å². The van der Waals surface area contributed by atoms with Crippen LogP contribution in [0.4, 0.5) is 4.39 Å². The van der Waals surface area contributed by atoms with Crippen molar-refractivity contribution in [3.05, 3.63) is 41.2 Å². The minimum atomic E-state index is -4.01. The van der Waals surface area contributed by atoms with Crippen molar-refractivity contribution in [2.24, 2.45) is 0 Å². The molecule has 0 spiro atoms. The Hall–Kier alpha value is -1.49. The second-order valence-corrected chi connectivity index (χ2v) is 6.33. The van der Waals surface area contributed by atoms with Crippen LogP contribution in [0.3, 0.4) is 0 Å². The van der Waals surface area contributed by atoms with Crippen molar-refractivity contribution >= 4 is 19.6 Å². The average Bonchev–Trinajstić information content (AvgIpc) is 2.42. The molecule has 0 atom stereocenters. The first kappa shape index (κ1) is 17.6. The van der Waals surface area contributed by atoms with E-state index in [0.29, 0.717) is 30.4 Å². The van der Waals surface area contributed by atoms with Crippen molar-refractivity contribution in [1.82, 2.24) is 0 Å². The summed E-state index contributed by atoms with van der Waals surface area (Å²) in [6.45, 7) is 0. The molecule has 2 N–H and O–H groups in total. The van der Waals surface area contributed by atoms with E-state index in [2.05, 4.69) is 4.74 Å². The van der Waals surface area contributed by atoms with Crippen molar-refractivity contribution in [3.63, 3.8) is 0 Å². The molecule has 5 nitrogen and oxygen atoms in total. The fraction of sp³-hybridized carbons (Fsp3) is 0.357. The Balaban J connectivity index is 2.70. The van der Waals surface area contributed by atoms with Gasteiger partial charge in [-0.05, 0) is 43.0 Å². The average molecular weight is 316 g/mol. The standard InChI is InChI=1S/C14H18FO5P/c1-20-14(16)12(4-2-3-9-21(17,18)19)10-11-5-7-13(15)8-6-11/h5-8,10H,2-4,9H2,1H3,(H2,17,18,19)/b12-10+. The van der Waals surface area contributed by atoms with Crippen molar-refractivity contribution < 1.29 is 28.3 Å². The summed E-state index contributed by atoms with van der Waals surface area (Å²) in [7, 11) is -2.75. The van der Waals surface area contributed by atoms with Crippen LogP contribution in [-0.4, -0.2) is 29.0 Å². The number of carbonyl (C=O) groups is 1. The zero-order chi connectivity index (χ0) is 15.9. The van der Waals surface area contributed by atoms with E-state index in [0.717, 1.165) is 0 Å². The molecule has 0 fully saturated rings. The van der Waals surface area contributed by atoms with E-state index in [-0.39, 0.29) is 12.0 Å². The van der Waals surface area contributed by atoms with Crippen LogP contribution >= 0.6 is 7.60 Å². The predicted molar refractivity (Wildman–Crippen MR) is 77.2 cm³/mol. The zero-order valence-electron chi connectivity index (χ0n) is 11.7. The van der Waals surface area contributed by atoms with E-state index in [1.807, 2.05) is 0 Å². The van der Waals surface area contributed by atoms with Gasteiger partial charge in [-0.2, -0.15) is 0 Å². The van der Waals surface area contributed by atoms with Gasteiger partial charge in [-0.15, -0.1) is 0 Å². The highest BCUT2D eigenvalue weighted by atomic mass is 31.2. The van der Waals surface area contributed by atoms with Gasteiger partial charge in [-0.3, -0.25) is 4.57 Å². The number of esters is 1. The smallest absolute Gasteiger partial charge is 0.333 e. The van der Waals surface area contributed by atoms with Gasteiger partial charge in [0.05, 0.1) is 7.11 Å². The van der Waals surface area contributed by atoms with Gasteiger partial charge in [0.15, 0.2) is 0 Å². The number of benzene rings is 1.